The second-order valence-electron chi connectivity index (χ2n) is 8.12. The first-order valence-corrected chi connectivity index (χ1v) is 12.0. The number of ether oxygens (including phenoxy) is 2. The van der Waals surface area contributed by atoms with Gasteiger partial charge in [-0.1, -0.05) is 61.2 Å². The number of para-hydroxylation sites is 2. The predicted molar refractivity (Wildman–Crippen MR) is 130 cm³/mol. The molecule has 1 fully saturated rings. The highest BCUT2D eigenvalue weighted by molar-refractivity contribution is 6.42. The number of methoxy groups -OCH3 is 1. The maximum Gasteiger partial charge on any atom is 0.261 e. The molecule has 6 nitrogen and oxygen atoms in total. The van der Waals surface area contributed by atoms with Crippen LogP contribution in [0.15, 0.2) is 42.5 Å². The largest absolute Gasteiger partial charge is 0.493 e. The fourth-order valence-corrected chi connectivity index (χ4v) is 4.40. The molecule has 0 bridgehead atoms. The number of benzene rings is 2. The highest BCUT2D eigenvalue weighted by atomic mass is 35.5. The molecule has 8 heteroatoms. The minimum Gasteiger partial charge on any atom is -0.493 e. The zero-order valence-corrected chi connectivity index (χ0v) is 20.5. The third-order valence-electron chi connectivity index (χ3n) is 5.84. The molecule has 0 unspecified atom stereocenters. The molecule has 33 heavy (non-hydrogen) atoms. The minimum atomic E-state index is -0.631. The van der Waals surface area contributed by atoms with E-state index in [4.69, 9.17) is 32.7 Å². The lowest BCUT2D eigenvalue weighted by atomic mass is 10.1. The van der Waals surface area contributed by atoms with Gasteiger partial charge in [-0.2, -0.15) is 0 Å². The Labute approximate surface area is 205 Å². The molecule has 0 aromatic heterocycles. The van der Waals surface area contributed by atoms with Gasteiger partial charge in [0.2, 0.25) is 5.91 Å². The highest BCUT2D eigenvalue weighted by Gasteiger charge is 2.31. The Kier molecular flexibility index (Phi) is 9.27. The number of hydrogen-bond donors (Lipinski definition) is 1. The summed E-state index contributed by atoms with van der Waals surface area (Å²) in [5.74, 6) is 0.550. The van der Waals surface area contributed by atoms with Crippen molar-refractivity contribution in [3.63, 3.8) is 0 Å². The summed E-state index contributed by atoms with van der Waals surface area (Å²) in [7, 11) is 1.54. The van der Waals surface area contributed by atoms with E-state index in [1.165, 1.54) is 0 Å². The molecule has 1 atom stereocenters. The molecule has 1 saturated carbocycles. The van der Waals surface area contributed by atoms with Crippen molar-refractivity contribution in [2.75, 3.05) is 13.7 Å². The average molecular weight is 493 g/mol. The molecule has 0 radical (unpaired) electrons. The van der Waals surface area contributed by atoms with Crippen LogP contribution in [0.4, 0.5) is 0 Å². The molecule has 0 heterocycles. The normalized spacial score (nSPS) is 14.5. The van der Waals surface area contributed by atoms with Crippen molar-refractivity contribution in [1.82, 2.24) is 10.2 Å². The summed E-state index contributed by atoms with van der Waals surface area (Å²) in [5.41, 5.74) is 0.780. The number of rotatable bonds is 10. The molecule has 0 spiro atoms. The van der Waals surface area contributed by atoms with Crippen LogP contribution in [0.1, 0.15) is 44.6 Å². The van der Waals surface area contributed by atoms with Crippen LogP contribution < -0.4 is 14.8 Å². The van der Waals surface area contributed by atoms with Gasteiger partial charge < -0.3 is 19.7 Å². The van der Waals surface area contributed by atoms with Crippen LogP contribution in [0.3, 0.4) is 0 Å². The number of nitrogens with zero attached hydrogens (tertiary/aromatic N) is 1. The molecule has 1 N–H and O–H groups in total. The fourth-order valence-electron chi connectivity index (χ4n) is 4.08. The van der Waals surface area contributed by atoms with Crippen LogP contribution in [0.5, 0.6) is 11.5 Å². The van der Waals surface area contributed by atoms with E-state index < -0.39 is 6.04 Å². The van der Waals surface area contributed by atoms with Gasteiger partial charge in [-0.25, -0.2) is 0 Å². The molecule has 3 rings (SSSR count). The van der Waals surface area contributed by atoms with Gasteiger partial charge in [-0.05, 0) is 49.1 Å². The van der Waals surface area contributed by atoms with Gasteiger partial charge in [0.05, 0.1) is 17.2 Å². The standard InChI is InChI=1S/C25H30Cl2N2O4/c1-3-21(25(31)28-18-8-4-5-9-18)29(15-17-12-13-19(26)20(27)14-17)24(30)16-33-23-11-7-6-10-22(23)32-2/h6-7,10-14,18,21H,3-5,8-9,15-16H2,1-2H3,(H,28,31)/t21-/m1/s1. The van der Waals surface area contributed by atoms with Gasteiger partial charge in [0, 0.05) is 12.6 Å². The average Bonchev–Trinajstić information content (AvgIpc) is 3.32. The van der Waals surface area contributed by atoms with E-state index in [9.17, 15) is 9.59 Å². The second kappa shape index (κ2) is 12.1. The van der Waals surface area contributed by atoms with E-state index in [1.807, 2.05) is 13.0 Å². The van der Waals surface area contributed by atoms with Gasteiger partial charge in [-0.3, -0.25) is 9.59 Å². The van der Waals surface area contributed by atoms with E-state index in [-0.39, 0.29) is 31.0 Å². The first kappa shape index (κ1) is 25.2. The molecule has 0 aliphatic heterocycles. The van der Waals surface area contributed by atoms with Gasteiger partial charge in [0.1, 0.15) is 6.04 Å². The van der Waals surface area contributed by atoms with Crippen LogP contribution >= 0.6 is 23.2 Å². The van der Waals surface area contributed by atoms with Crippen LogP contribution in [0.25, 0.3) is 0 Å². The Morgan fingerprint density at radius 3 is 2.42 bits per heavy atom. The van der Waals surface area contributed by atoms with Crippen molar-refractivity contribution in [3.05, 3.63) is 58.1 Å². The van der Waals surface area contributed by atoms with Crippen LogP contribution in [-0.4, -0.2) is 42.5 Å². The van der Waals surface area contributed by atoms with E-state index in [2.05, 4.69) is 5.32 Å². The molecule has 0 saturated heterocycles. The van der Waals surface area contributed by atoms with Crippen molar-refractivity contribution < 1.29 is 19.1 Å². The molecule has 2 amide bonds. The zero-order valence-electron chi connectivity index (χ0n) is 19.0. The quantitative estimate of drug-likeness (QED) is 0.491. The first-order chi connectivity index (χ1) is 15.9. The number of halogens is 2. The van der Waals surface area contributed by atoms with Crippen LogP contribution in [0.2, 0.25) is 10.0 Å². The van der Waals surface area contributed by atoms with Crippen molar-refractivity contribution >= 4 is 35.0 Å². The smallest absolute Gasteiger partial charge is 0.261 e. The van der Waals surface area contributed by atoms with E-state index in [0.717, 1.165) is 31.2 Å². The second-order valence-corrected chi connectivity index (χ2v) is 8.94. The Morgan fingerprint density at radius 1 is 1.09 bits per heavy atom. The SMILES string of the molecule is CC[C@H](C(=O)NC1CCCC1)N(Cc1ccc(Cl)c(Cl)c1)C(=O)COc1ccccc1OC. The topological polar surface area (TPSA) is 67.9 Å². The minimum absolute atomic E-state index is 0.143. The van der Waals surface area contributed by atoms with Crippen molar-refractivity contribution in [2.24, 2.45) is 0 Å². The summed E-state index contributed by atoms with van der Waals surface area (Å²) in [5, 5.41) is 3.96. The summed E-state index contributed by atoms with van der Waals surface area (Å²) in [4.78, 5) is 28.0. The van der Waals surface area contributed by atoms with Crippen molar-refractivity contribution in [1.29, 1.82) is 0 Å². The summed E-state index contributed by atoms with van der Waals surface area (Å²) in [6, 6.07) is 11.9. The lowest BCUT2D eigenvalue weighted by Gasteiger charge is -2.31. The van der Waals surface area contributed by atoms with E-state index >= 15 is 0 Å². The lowest BCUT2D eigenvalue weighted by molar-refractivity contribution is -0.143. The van der Waals surface area contributed by atoms with E-state index in [1.54, 1.807) is 48.4 Å². The van der Waals surface area contributed by atoms with Gasteiger partial charge in [0.25, 0.3) is 5.91 Å². The Bertz CT molecular complexity index is 963. The highest BCUT2D eigenvalue weighted by Crippen LogP contribution is 2.27. The Morgan fingerprint density at radius 2 is 1.79 bits per heavy atom. The third-order valence-corrected chi connectivity index (χ3v) is 6.58. The fraction of sp³-hybridized carbons (Fsp3) is 0.440. The van der Waals surface area contributed by atoms with Crippen molar-refractivity contribution in [3.8, 4) is 11.5 Å². The third kappa shape index (κ3) is 6.78. The molecule has 2 aromatic rings. The molecule has 1 aliphatic rings. The number of carbonyl (C=O) groups is 2. The van der Waals surface area contributed by atoms with Gasteiger partial charge >= 0.3 is 0 Å². The lowest BCUT2D eigenvalue weighted by Crippen LogP contribution is -2.52. The van der Waals surface area contributed by atoms with E-state index in [0.29, 0.717) is 28.0 Å². The predicted octanol–water partition coefficient (Wildman–Crippen LogP) is 5.25. The number of carbonyl (C=O) groups excluding carboxylic acids is 2. The maximum atomic E-state index is 13.3. The van der Waals surface area contributed by atoms with Gasteiger partial charge in [0.15, 0.2) is 18.1 Å². The van der Waals surface area contributed by atoms with Crippen molar-refractivity contribution in [2.45, 2.75) is 57.7 Å². The molecule has 178 valence electrons. The Hall–Kier alpha value is -2.44. The molecule has 2 aromatic carbocycles. The summed E-state index contributed by atoms with van der Waals surface area (Å²) < 4.78 is 11.1. The van der Waals surface area contributed by atoms with Crippen LogP contribution in [0, 0.1) is 0 Å². The monoisotopic (exact) mass is 492 g/mol. The summed E-state index contributed by atoms with van der Waals surface area (Å²) in [6.07, 6.45) is 4.64. The number of nitrogens with one attached hydrogen (secondary N) is 1. The molecular formula is C25H30Cl2N2O4. The zero-order chi connectivity index (χ0) is 23.8. The summed E-state index contributed by atoms with van der Waals surface area (Å²) >= 11 is 12.2. The Balaban J connectivity index is 1.80. The number of hydrogen-bond acceptors (Lipinski definition) is 4. The summed E-state index contributed by atoms with van der Waals surface area (Å²) in [6.45, 7) is 1.88. The first-order valence-electron chi connectivity index (χ1n) is 11.2. The molecular weight excluding hydrogens is 463 g/mol. The molecule has 1 aliphatic carbocycles. The number of amides is 2. The van der Waals surface area contributed by atoms with Crippen LogP contribution in [-0.2, 0) is 16.1 Å². The van der Waals surface area contributed by atoms with Gasteiger partial charge in [-0.15, -0.1) is 0 Å². The maximum absolute atomic E-state index is 13.3.